The number of benzene rings is 2. The molecule has 1 fully saturated rings. The molecule has 9 heteroatoms. The third-order valence-corrected chi connectivity index (χ3v) is 8.34. The Morgan fingerprint density at radius 1 is 0.944 bits per heavy atom. The number of aromatic amines is 1. The van der Waals surface area contributed by atoms with E-state index in [4.69, 9.17) is 15.2 Å². The first-order chi connectivity index (χ1) is 17.7. The lowest BCUT2D eigenvalue weighted by Gasteiger charge is -2.28. The smallest absolute Gasteiger partial charge is 0.274 e. The summed E-state index contributed by atoms with van der Waals surface area (Å²) in [5.41, 5.74) is 4.03. The van der Waals surface area contributed by atoms with Gasteiger partial charge in [0.2, 0.25) is 0 Å². The van der Waals surface area contributed by atoms with Gasteiger partial charge in [0, 0.05) is 6.07 Å². The van der Waals surface area contributed by atoms with Crippen LogP contribution in [0.5, 0.6) is 0 Å². The third-order valence-electron chi connectivity index (χ3n) is 6.16. The van der Waals surface area contributed by atoms with Crippen LogP contribution < -0.4 is 9.88 Å². The second kappa shape index (κ2) is 10.1. The van der Waals surface area contributed by atoms with Gasteiger partial charge in [-0.15, -0.1) is 11.3 Å². The van der Waals surface area contributed by atoms with E-state index in [0.29, 0.717) is 0 Å². The Labute approximate surface area is 218 Å². The Kier molecular flexibility index (Phi) is 6.40. The highest BCUT2D eigenvalue weighted by Crippen LogP contribution is 2.37. The van der Waals surface area contributed by atoms with Gasteiger partial charge in [0.1, 0.15) is 18.1 Å². The van der Waals surface area contributed by atoms with E-state index >= 15 is 0 Å². The summed E-state index contributed by atoms with van der Waals surface area (Å²) in [5.74, 6) is 1.15. The summed E-state index contributed by atoms with van der Waals surface area (Å²) in [5, 5.41) is 12.9. The molecule has 0 bridgehead atoms. The van der Waals surface area contributed by atoms with E-state index in [1.54, 1.807) is 23.1 Å². The van der Waals surface area contributed by atoms with Gasteiger partial charge in [0.05, 0.1) is 52.7 Å². The molecular weight excluding hydrogens is 486 g/mol. The van der Waals surface area contributed by atoms with Crippen molar-refractivity contribution in [3.05, 3.63) is 90.3 Å². The molecule has 180 valence electrons. The molecule has 3 aromatic heterocycles. The molecule has 0 aliphatic carbocycles. The molecule has 0 unspecified atom stereocenters. The van der Waals surface area contributed by atoms with Gasteiger partial charge >= 0.3 is 0 Å². The normalized spacial score (nSPS) is 14.2. The number of anilines is 1. The fraction of sp³-hybridized carbons (Fsp3) is 0.185. The highest BCUT2D eigenvalue weighted by Gasteiger charge is 2.23. The Morgan fingerprint density at radius 2 is 1.72 bits per heavy atom. The first-order valence-corrected chi connectivity index (χ1v) is 13.6. The summed E-state index contributed by atoms with van der Waals surface area (Å²) < 4.78 is 4.19. The molecule has 0 amide bonds. The summed E-state index contributed by atoms with van der Waals surface area (Å²) in [6, 6.07) is 24.7. The number of hydrazone groups is 1. The second-order valence-corrected chi connectivity index (χ2v) is 10.8. The highest BCUT2D eigenvalue weighted by atomic mass is 32.2. The van der Waals surface area contributed by atoms with Gasteiger partial charge in [-0.25, -0.2) is 14.6 Å². The molecule has 0 atom stereocenters. The van der Waals surface area contributed by atoms with Gasteiger partial charge in [-0.1, -0.05) is 36.4 Å². The van der Waals surface area contributed by atoms with Crippen LogP contribution in [-0.2, 0) is 0 Å². The Hall–Kier alpha value is -3.69. The summed E-state index contributed by atoms with van der Waals surface area (Å²) in [7, 11) is 0. The number of fused-ring (bicyclic) bond motifs is 1. The standard InChI is InChI=1S/C27H25N7S2/c1-20-22(19-29-33-17-15-32(16-18-33)25-13-7-8-14-28-25)26(34(31-20)21-9-3-2-4-10-21)36-27-30-23-11-5-6-12-24(23)35-27/h2-14,19H,15-18H2,1H3/p+1. The number of hydrogen-bond donors (Lipinski definition) is 0. The van der Waals surface area contributed by atoms with E-state index in [1.165, 1.54) is 4.70 Å². The zero-order chi connectivity index (χ0) is 24.3. The molecular formula is C27H26N7S2+. The molecule has 0 radical (unpaired) electrons. The SMILES string of the molecule is Cc1nn(-c2ccccc2)c(Sc2nc3ccccc3s2)c1C=NN1CCN(c2cccc[nH+]2)CC1. The van der Waals surface area contributed by atoms with Gasteiger partial charge in [-0.3, -0.25) is 9.91 Å². The second-order valence-electron chi connectivity index (χ2n) is 8.53. The maximum atomic E-state index is 4.90. The predicted octanol–water partition coefficient (Wildman–Crippen LogP) is 4.91. The molecule has 6 rings (SSSR count). The van der Waals surface area contributed by atoms with Crippen LogP contribution in [0, 0.1) is 6.92 Å². The molecule has 1 aliphatic heterocycles. The molecule has 1 aliphatic rings. The minimum Gasteiger partial charge on any atom is -0.289 e. The number of aromatic nitrogens is 4. The minimum absolute atomic E-state index is 0.867. The van der Waals surface area contributed by atoms with Gasteiger partial charge in [0.25, 0.3) is 5.82 Å². The number of nitrogens with zero attached hydrogens (tertiary/aromatic N) is 6. The number of aryl methyl sites for hydroxylation is 1. The van der Waals surface area contributed by atoms with E-state index in [0.717, 1.165) is 63.8 Å². The molecule has 0 spiro atoms. The molecule has 2 aromatic carbocycles. The number of rotatable bonds is 6. The van der Waals surface area contributed by atoms with Crippen molar-refractivity contribution in [3.8, 4) is 5.69 Å². The van der Waals surface area contributed by atoms with Crippen molar-refractivity contribution in [1.82, 2.24) is 19.8 Å². The average molecular weight is 513 g/mol. The van der Waals surface area contributed by atoms with Crippen LogP contribution in [0.2, 0.25) is 0 Å². The van der Waals surface area contributed by atoms with Gasteiger partial charge < -0.3 is 0 Å². The molecule has 0 saturated carbocycles. The van der Waals surface area contributed by atoms with Crippen LogP contribution in [-0.4, -0.2) is 52.2 Å². The minimum atomic E-state index is 0.867. The number of piperazine rings is 1. The molecule has 1 N–H and O–H groups in total. The predicted molar refractivity (Wildman–Crippen MR) is 146 cm³/mol. The molecule has 7 nitrogen and oxygen atoms in total. The Bertz CT molecular complexity index is 1450. The van der Waals surface area contributed by atoms with Gasteiger partial charge in [0.15, 0.2) is 4.34 Å². The van der Waals surface area contributed by atoms with Crippen LogP contribution >= 0.6 is 23.1 Å². The molecule has 5 aromatic rings. The fourth-order valence-electron chi connectivity index (χ4n) is 4.26. The number of thiazole rings is 1. The van der Waals surface area contributed by atoms with Gasteiger partial charge in [-0.2, -0.15) is 10.2 Å². The van der Waals surface area contributed by atoms with E-state index in [9.17, 15) is 0 Å². The summed E-state index contributed by atoms with van der Waals surface area (Å²) in [4.78, 5) is 10.5. The Balaban J connectivity index is 1.28. The summed E-state index contributed by atoms with van der Waals surface area (Å²) in [6.45, 7) is 5.63. The van der Waals surface area contributed by atoms with E-state index in [1.807, 2.05) is 54.3 Å². The summed E-state index contributed by atoms with van der Waals surface area (Å²) >= 11 is 3.36. The van der Waals surface area contributed by atoms with Crippen molar-refractivity contribution < 1.29 is 4.98 Å². The van der Waals surface area contributed by atoms with Crippen molar-refractivity contribution in [3.63, 3.8) is 0 Å². The zero-order valence-corrected chi connectivity index (χ0v) is 21.5. The van der Waals surface area contributed by atoms with Crippen LogP contribution in [0.4, 0.5) is 5.82 Å². The van der Waals surface area contributed by atoms with Crippen molar-refractivity contribution in [2.24, 2.45) is 5.10 Å². The third kappa shape index (κ3) is 4.72. The maximum Gasteiger partial charge on any atom is 0.274 e. The maximum absolute atomic E-state index is 4.90. The zero-order valence-electron chi connectivity index (χ0n) is 19.9. The number of hydrogen-bond acceptors (Lipinski definition) is 7. The van der Waals surface area contributed by atoms with Crippen molar-refractivity contribution in [2.75, 3.05) is 31.1 Å². The van der Waals surface area contributed by atoms with Crippen LogP contribution in [0.1, 0.15) is 11.3 Å². The topological polar surface area (TPSA) is 63.7 Å². The average Bonchev–Trinajstić information content (AvgIpc) is 3.49. The van der Waals surface area contributed by atoms with Crippen molar-refractivity contribution >= 4 is 45.3 Å². The molecule has 4 heterocycles. The Morgan fingerprint density at radius 3 is 2.50 bits per heavy atom. The molecule has 36 heavy (non-hydrogen) atoms. The molecule has 1 saturated heterocycles. The number of H-pyrrole nitrogens is 1. The lowest BCUT2D eigenvalue weighted by molar-refractivity contribution is -0.364. The lowest BCUT2D eigenvalue weighted by Crippen LogP contribution is -2.45. The van der Waals surface area contributed by atoms with E-state index < -0.39 is 0 Å². The lowest BCUT2D eigenvalue weighted by atomic mass is 10.3. The number of nitrogens with one attached hydrogen (secondary N) is 1. The monoisotopic (exact) mass is 512 g/mol. The number of para-hydroxylation sites is 2. The van der Waals surface area contributed by atoms with Crippen LogP contribution in [0.15, 0.2) is 93.5 Å². The first kappa shape index (κ1) is 22.8. The van der Waals surface area contributed by atoms with E-state index in [-0.39, 0.29) is 0 Å². The van der Waals surface area contributed by atoms with Crippen molar-refractivity contribution in [1.29, 1.82) is 0 Å². The largest absolute Gasteiger partial charge is 0.289 e. The van der Waals surface area contributed by atoms with Crippen molar-refractivity contribution in [2.45, 2.75) is 16.3 Å². The van der Waals surface area contributed by atoms with Crippen LogP contribution in [0.3, 0.4) is 0 Å². The quantitative estimate of drug-likeness (QED) is 0.303. The van der Waals surface area contributed by atoms with Crippen LogP contribution in [0.25, 0.3) is 15.9 Å². The first-order valence-electron chi connectivity index (χ1n) is 11.9. The summed E-state index contributed by atoms with van der Waals surface area (Å²) in [6.07, 6.45) is 3.94. The number of pyridine rings is 1. The van der Waals surface area contributed by atoms with Gasteiger partial charge in [-0.05, 0) is 49.0 Å². The fourth-order valence-corrected chi connectivity index (χ4v) is 6.48. The highest BCUT2D eigenvalue weighted by molar-refractivity contribution is 8.01. The van der Waals surface area contributed by atoms with E-state index in [2.05, 4.69) is 57.4 Å².